The molecule has 0 aliphatic rings. The summed E-state index contributed by atoms with van der Waals surface area (Å²) in [6.07, 6.45) is -1.71. The lowest BCUT2D eigenvalue weighted by molar-refractivity contribution is -0.384. The number of anilines is 2. The van der Waals surface area contributed by atoms with Crippen molar-refractivity contribution in [2.24, 2.45) is 0 Å². The van der Waals surface area contributed by atoms with Gasteiger partial charge in [0.05, 0.1) is 15.5 Å². The molecule has 0 amide bonds. The molecule has 0 spiro atoms. The Balaban J connectivity index is 2.09. The molecule has 7 nitrogen and oxygen atoms in total. The third kappa shape index (κ3) is 4.44. The fourth-order valence-corrected chi connectivity index (χ4v) is 2.10. The van der Waals surface area contributed by atoms with E-state index in [4.69, 9.17) is 11.6 Å². The Labute approximate surface area is 139 Å². The molecule has 0 radical (unpaired) electrons. The highest BCUT2D eigenvalue weighted by molar-refractivity contribution is 6.31. The van der Waals surface area contributed by atoms with E-state index in [-0.39, 0.29) is 12.2 Å². The zero-order valence-corrected chi connectivity index (χ0v) is 12.7. The number of hydrogen-bond acceptors (Lipinski definition) is 6. The van der Waals surface area contributed by atoms with E-state index in [1.54, 1.807) is 6.07 Å². The molecule has 2 rings (SSSR count). The molecule has 1 heterocycles. The van der Waals surface area contributed by atoms with Crippen molar-refractivity contribution >= 4 is 28.9 Å². The summed E-state index contributed by atoms with van der Waals surface area (Å²) in [6.45, 7) is 0.473. The summed E-state index contributed by atoms with van der Waals surface area (Å²) < 4.78 is 38.3. The van der Waals surface area contributed by atoms with E-state index in [0.717, 1.165) is 6.07 Å². The van der Waals surface area contributed by atoms with Crippen molar-refractivity contribution in [1.29, 1.82) is 0 Å². The smallest absolute Gasteiger partial charge is 0.378 e. The Kier molecular flexibility index (Phi) is 5.39. The van der Waals surface area contributed by atoms with Crippen molar-refractivity contribution in [3.05, 3.63) is 51.3 Å². The van der Waals surface area contributed by atoms with Gasteiger partial charge in [-0.3, -0.25) is 10.1 Å². The van der Waals surface area contributed by atoms with Gasteiger partial charge in [0.1, 0.15) is 5.69 Å². The minimum atomic E-state index is -4.77. The largest absolute Gasteiger partial charge is 0.418 e. The van der Waals surface area contributed by atoms with Crippen LogP contribution in [0, 0.1) is 10.1 Å². The number of alkyl halides is 3. The monoisotopic (exact) mass is 361 g/mol. The Morgan fingerprint density at radius 1 is 1.17 bits per heavy atom. The average molecular weight is 362 g/mol. The minimum absolute atomic E-state index is 0.103. The fraction of sp³-hybridized carbons (Fsp3) is 0.231. The first-order chi connectivity index (χ1) is 11.3. The number of rotatable bonds is 6. The zero-order chi connectivity index (χ0) is 17.7. The number of benzene rings is 1. The first kappa shape index (κ1) is 17.7. The standard InChI is InChI=1S/C13H11ClF3N5O2/c14-9-7-10(11(22(23)24)6-8(9)13(15,16)17)18-4-5-21-12-19-2-1-3-20-12/h1-3,6-7,18H,4-5H2,(H,19,20,21). The Hall–Kier alpha value is -2.62. The maximum atomic E-state index is 12.8. The topological polar surface area (TPSA) is 93.0 Å². The average Bonchev–Trinajstić information content (AvgIpc) is 2.51. The normalized spacial score (nSPS) is 11.2. The molecule has 0 atom stereocenters. The molecule has 0 bridgehead atoms. The van der Waals surface area contributed by atoms with Crippen LogP contribution in [0.25, 0.3) is 0 Å². The van der Waals surface area contributed by atoms with Crippen molar-refractivity contribution in [3.63, 3.8) is 0 Å². The van der Waals surface area contributed by atoms with E-state index in [2.05, 4.69) is 20.6 Å². The highest BCUT2D eigenvalue weighted by Crippen LogP contribution is 2.40. The van der Waals surface area contributed by atoms with Crippen LogP contribution in [-0.4, -0.2) is 28.0 Å². The predicted molar refractivity (Wildman–Crippen MR) is 82.1 cm³/mol. The van der Waals surface area contributed by atoms with Crippen molar-refractivity contribution in [1.82, 2.24) is 9.97 Å². The number of aromatic nitrogens is 2. The van der Waals surface area contributed by atoms with Crippen LogP contribution in [0.15, 0.2) is 30.6 Å². The summed E-state index contributed by atoms with van der Waals surface area (Å²) in [5.41, 5.74) is -2.06. The lowest BCUT2D eigenvalue weighted by atomic mass is 10.1. The quantitative estimate of drug-likeness (QED) is 0.464. The second-order valence-electron chi connectivity index (χ2n) is 4.53. The number of hydrogen-bond donors (Lipinski definition) is 2. The molecule has 0 fully saturated rings. The van der Waals surface area contributed by atoms with E-state index in [1.165, 1.54) is 12.4 Å². The summed E-state index contributed by atoms with van der Waals surface area (Å²) >= 11 is 5.58. The molecule has 0 saturated carbocycles. The summed E-state index contributed by atoms with van der Waals surface area (Å²) in [5, 5.41) is 15.9. The van der Waals surface area contributed by atoms with Gasteiger partial charge in [0.15, 0.2) is 0 Å². The third-order valence-corrected chi connectivity index (χ3v) is 3.19. The van der Waals surface area contributed by atoms with Gasteiger partial charge in [-0.2, -0.15) is 13.2 Å². The van der Waals surface area contributed by atoms with E-state index in [0.29, 0.717) is 18.6 Å². The summed E-state index contributed by atoms with van der Waals surface area (Å²) in [7, 11) is 0. The molecule has 1 aromatic heterocycles. The van der Waals surface area contributed by atoms with Crippen molar-refractivity contribution < 1.29 is 18.1 Å². The Morgan fingerprint density at radius 2 is 1.79 bits per heavy atom. The number of nitrogens with one attached hydrogen (secondary N) is 2. The first-order valence-electron chi connectivity index (χ1n) is 6.59. The maximum absolute atomic E-state index is 12.8. The molecule has 0 aliphatic carbocycles. The SMILES string of the molecule is O=[N+]([O-])c1cc(C(F)(F)F)c(Cl)cc1NCCNc1ncccn1. The minimum Gasteiger partial charge on any atom is -0.378 e. The maximum Gasteiger partial charge on any atom is 0.418 e. The summed E-state index contributed by atoms with van der Waals surface area (Å²) in [4.78, 5) is 17.9. The van der Waals surface area contributed by atoms with Crippen LogP contribution < -0.4 is 10.6 Å². The van der Waals surface area contributed by atoms with E-state index in [1.807, 2.05) is 0 Å². The van der Waals surface area contributed by atoms with Gasteiger partial charge in [-0.05, 0) is 12.1 Å². The molecule has 128 valence electrons. The van der Waals surface area contributed by atoms with Crippen LogP contribution in [0.5, 0.6) is 0 Å². The first-order valence-corrected chi connectivity index (χ1v) is 6.96. The molecule has 1 aromatic carbocycles. The molecule has 0 aliphatic heterocycles. The lowest BCUT2D eigenvalue weighted by Gasteiger charge is -2.12. The number of nitro groups is 1. The van der Waals surface area contributed by atoms with Crippen LogP contribution in [0.3, 0.4) is 0 Å². The van der Waals surface area contributed by atoms with E-state index in [9.17, 15) is 23.3 Å². The van der Waals surface area contributed by atoms with Crippen LogP contribution in [-0.2, 0) is 6.18 Å². The zero-order valence-electron chi connectivity index (χ0n) is 12.0. The van der Waals surface area contributed by atoms with Gasteiger partial charge in [-0.25, -0.2) is 9.97 Å². The Bertz CT molecular complexity index is 728. The van der Waals surface area contributed by atoms with Gasteiger partial charge in [0.25, 0.3) is 5.69 Å². The van der Waals surface area contributed by atoms with Gasteiger partial charge in [0, 0.05) is 31.5 Å². The van der Waals surface area contributed by atoms with E-state index < -0.39 is 27.4 Å². The summed E-state index contributed by atoms with van der Waals surface area (Å²) in [5.74, 6) is 0.360. The molecular weight excluding hydrogens is 351 g/mol. The predicted octanol–water partition coefficient (Wildman–Crippen LogP) is 3.58. The molecule has 0 unspecified atom stereocenters. The lowest BCUT2D eigenvalue weighted by Crippen LogP contribution is -2.16. The van der Waals surface area contributed by atoms with E-state index >= 15 is 0 Å². The van der Waals surface area contributed by atoms with Crippen molar-refractivity contribution in [3.8, 4) is 0 Å². The van der Waals surface area contributed by atoms with Gasteiger partial charge in [0.2, 0.25) is 5.95 Å². The highest BCUT2D eigenvalue weighted by Gasteiger charge is 2.36. The third-order valence-electron chi connectivity index (χ3n) is 2.88. The van der Waals surface area contributed by atoms with Gasteiger partial charge >= 0.3 is 6.18 Å². The number of nitro benzene ring substituents is 1. The van der Waals surface area contributed by atoms with Crippen LogP contribution in [0.4, 0.5) is 30.5 Å². The second kappa shape index (κ2) is 7.30. The number of nitrogens with zero attached hydrogens (tertiary/aromatic N) is 3. The van der Waals surface area contributed by atoms with Crippen LogP contribution in [0.1, 0.15) is 5.56 Å². The molecule has 24 heavy (non-hydrogen) atoms. The van der Waals surface area contributed by atoms with Crippen molar-refractivity contribution in [2.45, 2.75) is 6.18 Å². The second-order valence-corrected chi connectivity index (χ2v) is 4.94. The van der Waals surface area contributed by atoms with Crippen molar-refractivity contribution in [2.75, 3.05) is 23.7 Å². The van der Waals surface area contributed by atoms with Gasteiger partial charge in [-0.1, -0.05) is 11.6 Å². The molecule has 2 N–H and O–H groups in total. The summed E-state index contributed by atoms with van der Waals surface area (Å²) in [6, 6.07) is 2.94. The van der Waals surface area contributed by atoms with Crippen LogP contribution in [0.2, 0.25) is 5.02 Å². The molecule has 0 saturated heterocycles. The Morgan fingerprint density at radius 3 is 2.38 bits per heavy atom. The molecule has 11 heteroatoms. The molecular formula is C13H11ClF3N5O2. The van der Waals surface area contributed by atoms with Crippen LogP contribution >= 0.6 is 11.6 Å². The number of halogens is 4. The van der Waals surface area contributed by atoms with Gasteiger partial charge < -0.3 is 10.6 Å². The fourth-order valence-electron chi connectivity index (χ4n) is 1.83. The molecule has 2 aromatic rings. The van der Waals surface area contributed by atoms with Gasteiger partial charge in [-0.15, -0.1) is 0 Å². The highest BCUT2D eigenvalue weighted by atomic mass is 35.5.